The van der Waals surface area contributed by atoms with Crippen LogP contribution in [0, 0.1) is 12.2 Å². The van der Waals surface area contributed by atoms with Gasteiger partial charge < -0.3 is 4.74 Å². The van der Waals surface area contributed by atoms with Crippen molar-refractivity contribution in [1.29, 1.82) is 0 Å². The molecule has 1 radical (unpaired) electrons. The quantitative estimate of drug-likeness (QED) is 0.777. The van der Waals surface area contributed by atoms with Gasteiger partial charge in [0.05, 0.1) is 11.1 Å². The minimum absolute atomic E-state index is 0.302. The normalized spacial score (nSPS) is 9.92. The first-order chi connectivity index (χ1) is 5.74. The molecular formula is C9H9BrFO. The summed E-state index contributed by atoms with van der Waals surface area (Å²) in [4.78, 5) is 0. The molecule has 0 saturated heterocycles. The van der Waals surface area contributed by atoms with Crippen LogP contribution < -0.4 is 4.74 Å². The Balaban J connectivity index is 2.69. The van der Waals surface area contributed by atoms with Crippen molar-refractivity contribution in [1.82, 2.24) is 0 Å². The molecule has 0 aromatic heterocycles. The number of rotatable bonds is 3. The van der Waals surface area contributed by atoms with Crippen molar-refractivity contribution in [2.24, 2.45) is 0 Å². The molecule has 0 unspecified atom stereocenters. The van der Waals surface area contributed by atoms with E-state index in [1.807, 2.05) is 13.3 Å². The second-order valence-corrected chi connectivity index (χ2v) is 3.15. The van der Waals surface area contributed by atoms with Crippen LogP contribution in [-0.4, -0.2) is 6.61 Å². The zero-order valence-electron chi connectivity index (χ0n) is 6.68. The summed E-state index contributed by atoms with van der Waals surface area (Å²) in [5.74, 6) is 0.248. The SMILES string of the molecule is C[CH]COc1ccc(Br)c(F)c1. The third-order valence-electron chi connectivity index (χ3n) is 1.31. The lowest BCUT2D eigenvalue weighted by atomic mass is 10.3. The lowest BCUT2D eigenvalue weighted by molar-refractivity contribution is 0.347. The van der Waals surface area contributed by atoms with E-state index in [1.165, 1.54) is 6.07 Å². The van der Waals surface area contributed by atoms with Crippen molar-refractivity contribution in [3.05, 3.63) is 34.9 Å². The summed E-state index contributed by atoms with van der Waals surface area (Å²) in [5, 5.41) is 0. The van der Waals surface area contributed by atoms with Crippen molar-refractivity contribution >= 4 is 15.9 Å². The summed E-state index contributed by atoms with van der Waals surface area (Å²) in [7, 11) is 0. The third kappa shape index (κ3) is 2.48. The van der Waals surface area contributed by atoms with Crippen molar-refractivity contribution in [3.8, 4) is 5.75 Å². The maximum atomic E-state index is 12.9. The van der Waals surface area contributed by atoms with E-state index >= 15 is 0 Å². The third-order valence-corrected chi connectivity index (χ3v) is 1.95. The zero-order chi connectivity index (χ0) is 8.97. The lowest BCUT2D eigenvalue weighted by Gasteiger charge is -2.03. The first-order valence-corrected chi connectivity index (χ1v) is 4.39. The van der Waals surface area contributed by atoms with Crippen LogP contribution in [-0.2, 0) is 0 Å². The van der Waals surface area contributed by atoms with Gasteiger partial charge in [-0.15, -0.1) is 0 Å². The minimum atomic E-state index is -0.302. The molecule has 0 aliphatic heterocycles. The van der Waals surface area contributed by atoms with E-state index in [4.69, 9.17) is 4.74 Å². The maximum Gasteiger partial charge on any atom is 0.141 e. The predicted molar refractivity (Wildman–Crippen MR) is 49.6 cm³/mol. The van der Waals surface area contributed by atoms with Gasteiger partial charge in [-0.05, 0) is 34.5 Å². The fourth-order valence-corrected chi connectivity index (χ4v) is 0.993. The number of ether oxygens (including phenoxy) is 1. The Bertz CT molecular complexity index is 263. The Morgan fingerprint density at radius 1 is 1.58 bits per heavy atom. The molecule has 0 aliphatic carbocycles. The summed E-state index contributed by atoms with van der Waals surface area (Å²) >= 11 is 3.06. The molecule has 0 spiro atoms. The highest BCUT2D eigenvalue weighted by Crippen LogP contribution is 2.20. The Hall–Kier alpha value is -0.570. The summed E-state index contributed by atoms with van der Waals surface area (Å²) in [6.07, 6.45) is 1.86. The molecule has 0 N–H and O–H groups in total. The van der Waals surface area contributed by atoms with Gasteiger partial charge in [-0.2, -0.15) is 0 Å². The smallest absolute Gasteiger partial charge is 0.141 e. The molecule has 0 fully saturated rings. The lowest BCUT2D eigenvalue weighted by Crippen LogP contribution is -1.95. The molecule has 12 heavy (non-hydrogen) atoms. The summed E-state index contributed by atoms with van der Waals surface area (Å²) in [6, 6.07) is 4.70. The molecule has 0 aliphatic rings. The average molecular weight is 232 g/mol. The molecule has 65 valence electrons. The Morgan fingerprint density at radius 2 is 2.33 bits per heavy atom. The van der Waals surface area contributed by atoms with Crippen LogP contribution in [0.1, 0.15) is 6.92 Å². The predicted octanol–water partition coefficient (Wildman–Crippen LogP) is 3.19. The Morgan fingerprint density at radius 3 is 2.92 bits per heavy atom. The van der Waals surface area contributed by atoms with E-state index in [-0.39, 0.29) is 5.82 Å². The van der Waals surface area contributed by atoms with E-state index < -0.39 is 0 Å². The highest BCUT2D eigenvalue weighted by Gasteiger charge is 2.00. The largest absolute Gasteiger partial charge is 0.493 e. The highest BCUT2D eigenvalue weighted by atomic mass is 79.9. The van der Waals surface area contributed by atoms with Crippen molar-refractivity contribution < 1.29 is 9.13 Å². The van der Waals surface area contributed by atoms with Gasteiger partial charge >= 0.3 is 0 Å². The van der Waals surface area contributed by atoms with Gasteiger partial charge in [0.1, 0.15) is 11.6 Å². The molecule has 1 aromatic carbocycles. The molecule has 1 aromatic rings. The van der Waals surface area contributed by atoms with Gasteiger partial charge in [0.25, 0.3) is 0 Å². The van der Waals surface area contributed by atoms with Crippen LogP contribution in [0.2, 0.25) is 0 Å². The van der Waals surface area contributed by atoms with E-state index in [1.54, 1.807) is 12.1 Å². The number of halogens is 2. The standard InChI is InChI=1S/C9H9BrFO/c1-2-5-12-7-3-4-8(10)9(11)6-7/h2-4,6H,5H2,1H3. The van der Waals surface area contributed by atoms with Gasteiger partial charge in [-0.3, -0.25) is 0 Å². The van der Waals surface area contributed by atoms with Crippen LogP contribution in [0.25, 0.3) is 0 Å². The summed E-state index contributed by atoms with van der Waals surface area (Å²) in [6.45, 7) is 2.39. The maximum absolute atomic E-state index is 12.9. The molecule has 1 nitrogen and oxygen atoms in total. The molecular weight excluding hydrogens is 223 g/mol. The minimum Gasteiger partial charge on any atom is -0.493 e. The van der Waals surface area contributed by atoms with Crippen LogP contribution in [0.3, 0.4) is 0 Å². The highest BCUT2D eigenvalue weighted by molar-refractivity contribution is 9.10. The van der Waals surface area contributed by atoms with Crippen LogP contribution >= 0.6 is 15.9 Å². The zero-order valence-corrected chi connectivity index (χ0v) is 8.27. The molecule has 0 atom stereocenters. The van der Waals surface area contributed by atoms with Gasteiger partial charge in [0.2, 0.25) is 0 Å². The molecule has 0 heterocycles. The molecule has 0 saturated carbocycles. The van der Waals surface area contributed by atoms with E-state index in [9.17, 15) is 4.39 Å². The van der Waals surface area contributed by atoms with Crippen LogP contribution in [0.4, 0.5) is 4.39 Å². The van der Waals surface area contributed by atoms with Gasteiger partial charge in [-0.1, -0.05) is 6.92 Å². The molecule has 3 heteroatoms. The molecule has 1 rings (SSSR count). The first kappa shape index (κ1) is 9.52. The van der Waals surface area contributed by atoms with E-state index in [0.717, 1.165) is 0 Å². The van der Waals surface area contributed by atoms with Crippen molar-refractivity contribution in [3.63, 3.8) is 0 Å². The van der Waals surface area contributed by atoms with Crippen molar-refractivity contribution in [2.75, 3.05) is 6.61 Å². The van der Waals surface area contributed by atoms with Crippen LogP contribution in [0.5, 0.6) is 5.75 Å². The second-order valence-electron chi connectivity index (χ2n) is 2.30. The molecule has 0 amide bonds. The Labute approximate surface area is 79.7 Å². The fraction of sp³-hybridized carbons (Fsp3) is 0.222. The Kier molecular flexibility index (Phi) is 3.53. The second kappa shape index (κ2) is 4.45. The van der Waals surface area contributed by atoms with Crippen molar-refractivity contribution in [2.45, 2.75) is 6.92 Å². The number of hydrogen-bond acceptors (Lipinski definition) is 1. The van der Waals surface area contributed by atoms with E-state index in [0.29, 0.717) is 16.8 Å². The summed E-state index contributed by atoms with van der Waals surface area (Å²) in [5.41, 5.74) is 0. The van der Waals surface area contributed by atoms with Crippen LogP contribution in [0.15, 0.2) is 22.7 Å². The fourth-order valence-electron chi connectivity index (χ4n) is 0.746. The monoisotopic (exact) mass is 231 g/mol. The topological polar surface area (TPSA) is 9.23 Å². The average Bonchev–Trinajstić information content (AvgIpc) is 2.07. The van der Waals surface area contributed by atoms with E-state index in [2.05, 4.69) is 15.9 Å². The number of hydrogen-bond donors (Lipinski definition) is 0. The molecule has 0 bridgehead atoms. The number of benzene rings is 1. The summed E-state index contributed by atoms with van der Waals surface area (Å²) < 4.78 is 18.5. The first-order valence-electron chi connectivity index (χ1n) is 3.59. The van der Waals surface area contributed by atoms with Gasteiger partial charge in [0.15, 0.2) is 0 Å². The van der Waals surface area contributed by atoms with Gasteiger partial charge in [0, 0.05) is 6.07 Å². The van der Waals surface area contributed by atoms with Gasteiger partial charge in [-0.25, -0.2) is 4.39 Å².